The number of halogens is 1. The largest absolute Gasteiger partial charge is 0.224 e. The van der Waals surface area contributed by atoms with E-state index < -0.39 is 0 Å². The first-order valence-corrected chi connectivity index (χ1v) is 5.75. The van der Waals surface area contributed by atoms with E-state index >= 15 is 0 Å². The van der Waals surface area contributed by atoms with Crippen molar-refractivity contribution >= 4 is 27.5 Å². The van der Waals surface area contributed by atoms with Crippen molar-refractivity contribution in [2.45, 2.75) is 37.9 Å². The third-order valence-corrected chi connectivity index (χ3v) is 2.53. The number of hydrogen-bond acceptors (Lipinski definition) is 3. The molecule has 68 valence electrons. The Labute approximate surface area is 85.7 Å². The lowest BCUT2D eigenvalue weighted by atomic mass is 10.2. The molecule has 1 unspecified atom stereocenters. The van der Waals surface area contributed by atoms with Crippen molar-refractivity contribution in [2.24, 2.45) is 0 Å². The van der Waals surface area contributed by atoms with Gasteiger partial charge < -0.3 is 0 Å². The molecule has 0 fully saturated rings. The second-order valence-electron chi connectivity index (χ2n) is 3.19. The standard InChI is InChI=1S/C8H13BrN2S/c1-5(2)8-10-7(12-11-8)4-6(3)9/h5-6H,4H2,1-3H3. The third kappa shape index (κ3) is 2.83. The maximum atomic E-state index is 4.43. The van der Waals surface area contributed by atoms with E-state index in [-0.39, 0.29) is 0 Å². The van der Waals surface area contributed by atoms with Gasteiger partial charge in [-0.2, -0.15) is 4.37 Å². The lowest BCUT2D eigenvalue weighted by Crippen LogP contribution is -1.96. The van der Waals surface area contributed by atoms with Gasteiger partial charge in [-0.05, 0) is 11.5 Å². The molecule has 0 bridgehead atoms. The molecular formula is C8H13BrN2S. The molecule has 1 atom stereocenters. The van der Waals surface area contributed by atoms with E-state index in [9.17, 15) is 0 Å². The van der Waals surface area contributed by atoms with Gasteiger partial charge in [0.1, 0.15) is 10.8 Å². The van der Waals surface area contributed by atoms with Crippen LogP contribution in [-0.2, 0) is 6.42 Å². The summed E-state index contributed by atoms with van der Waals surface area (Å²) in [7, 11) is 0. The molecule has 0 spiro atoms. The van der Waals surface area contributed by atoms with Gasteiger partial charge in [0, 0.05) is 17.2 Å². The highest BCUT2D eigenvalue weighted by atomic mass is 79.9. The van der Waals surface area contributed by atoms with Crippen LogP contribution < -0.4 is 0 Å². The van der Waals surface area contributed by atoms with Gasteiger partial charge in [-0.1, -0.05) is 36.7 Å². The quantitative estimate of drug-likeness (QED) is 0.769. The van der Waals surface area contributed by atoms with Gasteiger partial charge in [0.2, 0.25) is 0 Å². The van der Waals surface area contributed by atoms with Crippen LogP contribution in [0.2, 0.25) is 0 Å². The predicted octanol–water partition coefficient (Wildman–Crippen LogP) is 2.99. The minimum absolute atomic E-state index is 0.445. The number of aromatic nitrogens is 2. The summed E-state index contributed by atoms with van der Waals surface area (Å²) in [5.74, 6) is 1.42. The third-order valence-electron chi connectivity index (χ3n) is 1.46. The van der Waals surface area contributed by atoms with Crippen molar-refractivity contribution in [3.05, 3.63) is 10.8 Å². The van der Waals surface area contributed by atoms with Gasteiger partial charge >= 0.3 is 0 Å². The van der Waals surface area contributed by atoms with Gasteiger partial charge in [-0.3, -0.25) is 0 Å². The van der Waals surface area contributed by atoms with E-state index in [1.807, 2.05) is 0 Å². The lowest BCUT2D eigenvalue weighted by molar-refractivity contribution is 0.787. The summed E-state index contributed by atoms with van der Waals surface area (Å²) in [5.41, 5.74) is 0. The molecule has 12 heavy (non-hydrogen) atoms. The predicted molar refractivity (Wildman–Crippen MR) is 56.1 cm³/mol. The first kappa shape index (κ1) is 10.1. The number of rotatable bonds is 3. The van der Waals surface area contributed by atoms with Crippen molar-refractivity contribution in [3.8, 4) is 0 Å². The van der Waals surface area contributed by atoms with Crippen LogP contribution in [-0.4, -0.2) is 14.2 Å². The van der Waals surface area contributed by atoms with Gasteiger partial charge in [0.25, 0.3) is 0 Å². The van der Waals surface area contributed by atoms with Crippen molar-refractivity contribution < 1.29 is 0 Å². The van der Waals surface area contributed by atoms with E-state index in [2.05, 4.69) is 46.1 Å². The molecule has 1 heterocycles. The van der Waals surface area contributed by atoms with Crippen molar-refractivity contribution in [3.63, 3.8) is 0 Å². The van der Waals surface area contributed by atoms with Crippen molar-refractivity contribution in [1.82, 2.24) is 9.36 Å². The number of hydrogen-bond donors (Lipinski definition) is 0. The van der Waals surface area contributed by atoms with Crippen LogP contribution >= 0.6 is 27.5 Å². The molecule has 0 saturated heterocycles. The maximum absolute atomic E-state index is 4.43. The normalized spacial score (nSPS) is 13.8. The molecule has 0 saturated carbocycles. The summed E-state index contributed by atoms with van der Waals surface area (Å²) in [6.07, 6.45) is 0.977. The van der Waals surface area contributed by atoms with E-state index in [4.69, 9.17) is 0 Å². The van der Waals surface area contributed by atoms with Crippen LogP contribution in [0.25, 0.3) is 0 Å². The topological polar surface area (TPSA) is 25.8 Å². The highest BCUT2D eigenvalue weighted by Gasteiger charge is 2.08. The summed E-state index contributed by atoms with van der Waals surface area (Å²) in [5, 5.41) is 1.13. The Morgan fingerprint density at radius 3 is 2.50 bits per heavy atom. The maximum Gasteiger partial charge on any atom is 0.145 e. The minimum atomic E-state index is 0.445. The molecule has 0 aliphatic rings. The van der Waals surface area contributed by atoms with Gasteiger partial charge in [-0.15, -0.1) is 0 Å². The van der Waals surface area contributed by atoms with Crippen molar-refractivity contribution in [2.75, 3.05) is 0 Å². The van der Waals surface area contributed by atoms with Crippen LogP contribution in [0.3, 0.4) is 0 Å². The summed E-state index contributed by atoms with van der Waals surface area (Å²) in [6, 6.07) is 0. The number of alkyl halides is 1. The molecule has 0 aromatic carbocycles. The molecule has 0 amide bonds. The highest BCUT2D eigenvalue weighted by molar-refractivity contribution is 9.09. The first-order valence-electron chi connectivity index (χ1n) is 4.06. The lowest BCUT2D eigenvalue weighted by Gasteiger charge is -1.97. The van der Waals surface area contributed by atoms with Gasteiger partial charge in [0.15, 0.2) is 0 Å². The SMILES string of the molecule is CC(Br)Cc1nc(C(C)C)ns1. The highest BCUT2D eigenvalue weighted by Crippen LogP contribution is 2.16. The molecule has 0 radical (unpaired) electrons. The Bertz CT molecular complexity index is 245. The van der Waals surface area contributed by atoms with Gasteiger partial charge in [0.05, 0.1) is 0 Å². The average molecular weight is 249 g/mol. The summed E-state index contributed by atoms with van der Waals surface area (Å²) in [6.45, 7) is 6.35. The van der Waals surface area contributed by atoms with Crippen LogP contribution in [0.1, 0.15) is 37.5 Å². The minimum Gasteiger partial charge on any atom is -0.224 e. The molecule has 4 heteroatoms. The monoisotopic (exact) mass is 248 g/mol. The molecule has 1 aromatic heterocycles. The molecule has 1 rings (SSSR count). The van der Waals surface area contributed by atoms with Crippen LogP contribution in [0.4, 0.5) is 0 Å². The van der Waals surface area contributed by atoms with E-state index in [1.54, 1.807) is 0 Å². The first-order chi connectivity index (χ1) is 5.59. The van der Waals surface area contributed by atoms with Crippen molar-refractivity contribution in [1.29, 1.82) is 0 Å². The second-order valence-corrected chi connectivity index (χ2v) is 5.59. The Balaban J connectivity index is 2.64. The van der Waals surface area contributed by atoms with Crippen LogP contribution in [0.15, 0.2) is 0 Å². The Hall–Kier alpha value is 0.0400. The molecule has 0 aliphatic heterocycles. The van der Waals surface area contributed by atoms with Crippen LogP contribution in [0, 0.1) is 0 Å². The Morgan fingerprint density at radius 1 is 1.42 bits per heavy atom. The zero-order chi connectivity index (χ0) is 9.14. The summed E-state index contributed by atoms with van der Waals surface area (Å²) in [4.78, 5) is 4.92. The molecule has 0 N–H and O–H groups in total. The second kappa shape index (κ2) is 4.33. The number of nitrogens with zero attached hydrogens (tertiary/aromatic N) is 2. The fraction of sp³-hybridized carbons (Fsp3) is 0.750. The summed E-state index contributed by atoms with van der Waals surface area (Å²) < 4.78 is 4.28. The van der Waals surface area contributed by atoms with Crippen LogP contribution in [0.5, 0.6) is 0 Å². The molecular weight excluding hydrogens is 236 g/mol. The average Bonchev–Trinajstić information content (AvgIpc) is 2.34. The molecule has 2 nitrogen and oxygen atoms in total. The fourth-order valence-corrected chi connectivity index (χ4v) is 2.26. The Kier molecular flexibility index (Phi) is 3.65. The van der Waals surface area contributed by atoms with Gasteiger partial charge in [-0.25, -0.2) is 4.98 Å². The smallest absolute Gasteiger partial charge is 0.145 e. The zero-order valence-electron chi connectivity index (χ0n) is 7.54. The van der Waals surface area contributed by atoms with E-state index in [1.165, 1.54) is 11.5 Å². The molecule has 0 aliphatic carbocycles. The summed E-state index contributed by atoms with van der Waals surface area (Å²) >= 11 is 5.01. The molecule has 1 aromatic rings. The zero-order valence-corrected chi connectivity index (χ0v) is 9.94. The Morgan fingerprint density at radius 2 is 2.08 bits per heavy atom. The van der Waals surface area contributed by atoms with E-state index in [0.29, 0.717) is 10.7 Å². The van der Waals surface area contributed by atoms with E-state index in [0.717, 1.165) is 17.3 Å². The fourth-order valence-electron chi connectivity index (χ4n) is 0.826.